The van der Waals surface area contributed by atoms with E-state index in [4.69, 9.17) is 4.28 Å². The SMILES string of the molecule is Cc1ccc(S(=O)(=O)O/N=C2/C=C(C(C)C)C(=O)C(Br)C2(C)Br)cc1. The van der Waals surface area contributed by atoms with Crippen LogP contribution in [0.5, 0.6) is 0 Å². The third-order valence-electron chi connectivity index (χ3n) is 3.95. The molecule has 0 bridgehead atoms. The van der Waals surface area contributed by atoms with E-state index in [2.05, 4.69) is 37.0 Å². The first-order valence-corrected chi connectivity index (χ1v) is 10.8. The number of hydrogen-bond donors (Lipinski definition) is 0. The normalized spacial score (nSPS) is 26.0. The topological polar surface area (TPSA) is 72.8 Å². The Labute approximate surface area is 164 Å². The molecule has 0 spiro atoms. The highest BCUT2D eigenvalue weighted by molar-refractivity contribution is 9.13. The molecule has 1 aliphatic carbocycles. The van der Waals surface area contributed by atoms with Gasteiger partial charge in [0.1, 0.15) is 4.90 Å². The summed E-state index contributed by atoms with van der Waals surface area (Å²) in [5.74, 6) is -0.0789. The predicted molar refractivity (Wildman–Crippen MR) is 105 cm³/mol. The molecule has 2 atom stereocenters. The van der Waals surface area contributed by atoms with Crippen molar-refractivity contribution in [3.63, 3.8) is 0 Å². The minimum absolute atomic E-state index is 0.0185. The fourth-order valence-electron chi connectivity index (χ4n) is 2.29. The maximum atomic E-state index is 12.4. The first-order valence-electron chi connectivity index (χ1n) is 7.64. The summed E-state index contributed by atoms with van der Waals surface area (Å²) in [6.07, 6.45) is 1.59. The van der Waals surface area contributed by atoms with Gasteiger partial charge in [-0.2, -0.15) is 8.42 Å². The number of nitrogens with zero attached hydrogens (tertiary/aromatic N) is 1. The average molecular weight is 493 g/mol. The van der Waals surface area contributed by atoms with Gasteiger partial charge in [-0.1, -0.05) is 68.6 Å². The fourth-order valence-corrected chi connectivity index (χ4v) is 3.91. The number of ketones is 1. The van der Waals surface area contributed by atoms with Gasteiger partial charge in [0.15, 0.2) is 5.78 Å². The van der Waals surface area contributed by atoms with Gasteiger partial charge in [0.25, 0.3) is 0 Å². The van der Waals surface area contributed by atoms with Crippen molar-refractivity contribution >= 4 is 53.5 Å². The molecule has 136 valence electrons. The van der Waals surface area contributed by atoms with E-state index in [1.165, 1.54) is 12.1 Å². The smallest absolute Gasteiger partial charge is 0.293 e. The van der Waals surface area contributed by atoms with E-state index in [1.807, 2.05) is 20.8 Å². The van der Waals surface area contributed by atoms with Crippen LogP contribution >= 0.6 is 31.9 Å². The van der Waals surface area contributed by atoms with Gasteiger partial charge in [-0.05, 0) is 38.0 Å². The first-order chi connectivity index (χ1) is 11.5. The molecule has 8 heteroatoms. The minimum Gasteiger partial charge on any atom is -0.293 e. The number of allylic oxidation sites excluding steroid dienone is 2. The lowest BCUT2D eigenvalue weighted by molar-refractivity contribution is -0.115. The van der Waals surface area contributed by atoms with Crippen LogP contribution in [0.25, 0.3) is 0 Å². The molecule has 25 heavy (non-hydrogen) atoms. The lowest BCUT2D eigenvalue weighted by Gasteiger charge is -2.33. The van der Waals surface area contributed by atoms with Crippen LogP contribution in [0.1, 0.15) is 26.3 Å². The Bertz CT molecular complexity index is 840. The van der Waals surface area contributed by atoms with Crippen molar-refractivity contribution in [1.82, 2.24) is 0 Å². The number of carbonyl (C=O) groups is 1. The van der Waals surface area contributed by atoms with Crippen molar-refractivity contribution in [1.29, 1.82) is 0 Å². The molecule has 0 N–H and O–H groups in total. The second kappa shape index (κ2) is 7.32. The maximum absolute atomic E-state index is 12.4. The molecular weight excluding hydrogens is 474 g/mol. The van der Waals surface area contributed by atoms with Gasteiger partial charge < -0.3 is 0 Å². The summed E-state index contributed by atoms with van der Waals surface area (Å²) in [6, 6.07) is 6.29. The van der Waals surface area contributed by atoms with Crippen molar-refractivity contribution in [3.8, 4) is 0 Å². The van der Waals surface area contributed by atoms with E-state index in [1.54, 1.807) is 25.1 Å². The van der Waals surface area contributed by atoms with Crippen LogP contribution in [-0.4, -0.2) is 29.1 Å². The first kappa shape index (κ1) is 20.3. The van der Waals surface area contributed by atoms with Gasteiger partial charge in [-0.3, -0.25) is 9.08 Å². The Hall–Kier alpha value is -0.990. The molecule has 1 aromatic rings. The Morgan fingerprint density at radius 3 is 2.32 bits per heavy atom. The predicted octanol–water partition coefficient (Wildman–Crippen LogP) is 4.14. The number of benzene rings is 1. The molecule has 2 rings (SSSR count). The molecule has 0 saturated carbocycles. The molecule has 0 aromatic heterocycles. The van der Waals surface area contributed by atoms with Crippen LogP contribution in [0.3, 0.4) is 0 Å². The van der Waals surface area contributed by atoms with Crippen molar-refractivity contribution in [2.45, 2.75) is 41.7 Å². The fraction of sp³-hybridized carbons (Fsp3) is 0.412. The summed E-state index contributed by atoms with van der Waals surface area (Å²) in [5, 5.41) is 3.85. The largest absolute Gasteiger partial charge is 0.358 e. The monoisotopic (exact) mass is 491 g/mol. The minimum atomic E-state index is -4.03. The Balaban J connectivity index is 2.41. The number of oxime groups is 1. The zero-order valence-electron chi connectivity index (χ0n) is 14.3. The Kier molecular flexibility index (Phi) is 5.95. The molecule has 2 unspecified atom stereocenters. The van der Waals surface area contributed by atoms with E-state index < -0.39 is 19.3 Å². The standard InChI is InChI=1S/C17H19Br2NO4S/c1-10(2)13-9-14(17(4,19)16(18)15(13)21)20-24-25(22,23)12-7-5-11(3)6-8-12/h5-10,16H,1-4H3/b20-14-. The number of halogens is 2. The molecule has 0 radical (unpaired) electrons. The highest BCUT2D eigenvalue weighted by atomic mass is 79.9. The zero-order valence-corrected chi connectivity index (χ0v) is 18.3. The van der Waals surface area contributed by atoms with Crippen LogP contribution in [0.2, 0.25) is 0 Å². The summed E-state index contributed by atoms with van der Waals surface area (Å²) in [6.45, 7) is 7.38. The molecular formula is C17H19Br2NO4S. The van der Waals surface area contributed by atoms with E-state index in [0.29, 0.717) is 11.3 Å². The highest BCUT2D eigenvalue weighted by Crippen LogP contribution is 2.38. The summed E-state index contributed by atoms with van der Waals surface area (Å²) in [4.78, 5) is 11.9. The second-order valence-electron chi connectivity index (χ2n) is 6.38. The van der Waals surface area contributed by atoms with Gasteiger partial charge in [-0.25, -0.2) is 0 Å². The number of alkyl halides is 2. The van der Waals surface area contributed by atoms with Crippen LogP contribution < -0.4 is 0 Å². The van der Waals surface area contributed by atoms with E-state index in [9.17, 15) is 13.2 Å². The van der Waals surface area contributed by atoms with Gasteiger partial charge in [0.05, 0.1) is 14.9 Å². The molecule has 0 heterocycles. The Morgan fingerprint density at radius 1 is 1.24 bits per heavy atom. The molecule has 1 aromatic carbocycles. The quantitative estimate of drug-likeness (QED) is 0.467. The number of Topliss-reactive ketones (excluding diaryl/α,β-unsaturated/α-hetero) is 1. The van der Waals surface area contributed by atoms with E-state index in [0.717, 1.165) is 5.56 Å². The van der Waals surface area contributed by atoms with Gasteiger partial charge >= 0.3 is 10.1 Å². The van der Waals surface area contributed by atoms with E-state index in [-0.39, 0.29) is 16.6 Å². The van der Waals surface area contributed by atoms with Crippen LogP contribution in [-0.2, 0) is 19.2 Å². The molecule has 0 amide bonds. The number of rotatable bonds is 4. The molecule has 0 aliphatic heterocycles. The molecule has 0 saturated heterocycles. The summed E-state index contributed by atoms with van der Waals surface area (Å²) >= 11 is 6.83. The van der Waals surface area contributed by atoms with Crippen molar-refractivity contribution < 1.29 is 17.5 Å². The third-order valence-corrected chi connectivity index (χ3v) is 7.88. The number of aryl methyl sites for hydroxylation is 1. The lowest BCUT2D eigenvalue weighted by Crippen LogP contribution is -2.46. The van der Waals surface area contributed by atoms with Gasteiger partial charge in [0.2, 0.25) is 0 Å². The van der Waals surface area contributed by atoms with Crippen molar-refractivity contribution in [2.24, 2.45) is 11.1 Å². The zero-order chi connectivity index (χ0) is 19.0. The molecule has 1 aliphatic rings. The third kappa shape index (κ3) is 4.23. The summed E-state index contributed by atoms with van der Waals surface area (Å²) < 4.78 is 28.6. The van der Waals surface area contributed by atoms with E-state index >= 15 is 0 Å². The highest BCUT2D eigenvalue weighted by Gasteiger charge is 2.45. The van der Waals surface area contributed by atoms with Crippen LogP contribution in [0, 0.1) is 12.8 Å². The van der Waals surface area contributed by atoms with Gasteiger partial charge in [-0.15, -0.1) is 0 Å². The second-order valence-corrected chi connectivity index (χ2v) is 10.5. The molecule has 0 fully saturated rings. The molecule has 5 nitrogen and oxygen atoms in total. The van der Waals surface area contributed by atoms with Crippen LogP contribution in [0.4, 0.5) is 0 Å². The number of carbonyl (C=O) groups excluding carboxylic acids is 1. The van der Waals surface area contributed by atoms with Crippen molar-refractivity contribution in [3.05, 3.63) is 41.5 Å². The van der Waals surface area contributed by atoms with Crippen molar-refractivity contribution in [2.75, 3.05) is 0 Å². The lowest BCUT2D eigenvalue weighted by atomic mass is 9.83. The summed E-state index contributed by atoms with van der Waals surface area (Å²) in [5.41, 5.74) is 1.83. The average Bonchev–Trinajstić information content (AvgIpc) is 2.52. The summed E-state index contributed by atoms with van der Waals surface area (Å²) in [7, 11) is -4.03. The maximum Gasteiger partial charge on any atom is 0.358 e. The Morgan fingerprint density at radius 2 is 1.80 bits per heavy atom. The van der Waals surface area contributed by atoms with Gasteiger partial charge in [0, 0.05) is 5.57 Å². The van der Waals surface area contributed by atoms with Crippen LogP contribution in [0.15, 0.2) is 46.0 Å². The number of hydrogen-bond acceptors (Lipinski definition) is 5.